The van der Waals surface area contributed by atoms with Gasteiger partial charge in [0.2, 0.25) is 0 Å². The van der Waals surface area contributed by atoms with Gasteiger partial charge in [-0.3, -0.25) is 19.3 Å². The summed E-state index contributed by atoms with van der Waals surface area (Å²) < 4.78 is 5.27. The monoisotopic (exact) mass is 425 g/mol. The normalized spacial score (nSPS) is 18.2. The van der Waals surface area contributed by atoms with E-state index in [1.165, 1.54) is 30.0 Å². The third-order valence-corrected chi connectivity index (χ3v) is 5.88. The molecule has 1 fully saturated rings. The Kier molecular flexibility index (Phi) is 6.74. The molecule has 1 aliphatic heterocycles. The molecule has 1 atom stereocenters. The van der Waals surface area contributed by atoms with E-state index in [9.17, 15) is 24.4 Å². The molecule has 31 heavy (non-hydrogen) atoms. The topological polar surface area (TPSA) is 117 Å². The molecule has 0 spiro atoms. The lowest BCUT2D eigenvalue weighted by Gasteiger charge is -2.32. The lowest BCUT2D eigenvalue weighted by Crippen LogP contribution is -2.52. The van der Waals surface area contributed by atoms with Crippen molar-refractivity contribution in [3.05, 3.63) is 34.9 Å². The van der Waals surface area contributed by atoms with Gasteiger partial charge >= 0.3 is 5.97 Å². The van der Waals surface area contributed by atoms with E-state index < -0.39 is 29.4 Å². The summed E-state index contributed by atoms with van der Waals surface area (Å²) in [7, 11) is 0. The van der Waals surface area contributed by atoms with Crippen LogP contribution in [0.25, 0.3) is 0 Å². The number of carbonyl (C=O) groups is 4. The van der Waals surface area contributed by atoms with Crippen LogP contribution in [0.2, 0.25) is 0 Å². The minimum Gasteiger partial charge on any atom is -0.449 e. The van der Waals surface area contributed by atoms with Gasteiger partial charge in [-0.25, -0.2) is 4.79 Å². The van der Waals surface area contributed by atoms with E-state index in [0.29, 0.717) is 25.8 Å². The molecule has 8 nitrogen and oxygen atoms in total. The van der Waals surface area contributed by atoms with Gasteiger partial charge in [0.15, 0.2) is 6.10 Å². The van der Waals surface area contributed by atoms with Gasteiger partial charge in [0.1, 0.15) is 5.54 Å². The number of nitrogens with zero attached hydrogens (tertiary/aromatic N) is 2. The zero-order valence-electron chi connectivity index (χ0n) is 17.9. The molecule has 1 heterocycles. The van der Waals surface area contributed by atoms with Crippen LogP contribution in [0.4, 0.5) is 0 Å². The first-order valence-corrected chi connectivity index (χ1v) is 10.8. The number of imide groups is 1. The molecule has 0 bridgehead atoms. The second-order valence-electron chi connectivity index (χ2n) is 8.17. The Morgan fingerprint density at radius 2 is 1.87 bits per heavy atom. The quantitative estimate of drug-likeness (QED) is 0.530. The van der Waals surface area contributed by atoms with E-state index in [4.69, 9.17) is 4.74 Å². The van der Waals surface area contributed by atoms with Gasteiger partial charge in [0, 0.05) is 6.54 Å². The van der Waals surface area contributed by atoms with Gasteiger partial charge in [-0.15, -0.1) is 0 Å². The number of amides is 3. The second-order valence-corrected chi connectivity index (χ2v) is 8.17. The first-order valence-electron chi connectivity index (χ1n) is 10.8. The van der Waals surface area contributed by atoms with Crippen molar-refractivity contribution in [1.29, 1.82) is 5.26 Å². The van der Waals surface area contributed by atoms with Crippen molar-refractivity contribution < 1.29 is 23.9 Å². The second kappa shape index (κ2) is 9.29. The SMILES string of the molecule is CCCCN1C(=O)c2ccc(C(=O)O[C@H](C)C(=O)NC3(C#N)CCCCC3)cc2C1=O. The molecular weight excluding hydrogens is 398 g/mol. The third kappa shape index (κ3) is 4.61. The van der Waals surface area contributed by atoms with E-state index in [0.717, 1.165) is 25.7 Å². The summed E-state index contributed by atoms with van der Waals surface area (Å²) in [5.74, 6) is -2.10. The fraction of sp³-hybridized carbons (Fsp3) is 0.522. The van der Waals surface area contributed by atoms with Crippen LogP contribution < -0.4 is 5.32 Å². The summed E-state index contributed by atoms with van der Waals surface area (Å²) in [5.41, 5.74) is -0.405. The van der Waals surface area contributed by atoms with E-state index >= 15 is 0 Å². The molecule has 2 aliphatic rings. The lowest BCUT2D eigenvalue weighted by atomic mass is 9.83. The van der Waals surface area contributed by atoms with E-state index in [1.54, 1.807) is 0 Å². The molecule has 3 rings (SSSR count). The maximum Gasteiger partial charge on any atom is 0.338 e. The summed E-state index contributed by atoms with van der Waals surface area (Å²) in [6.07, 6.45) is 4.34. The Hall–Kier alpha value is -3.21. The van der Waals surface area contributed by atoms with Crippen molar-refractivity contribution in [2.75, 3.05) is 6.54 Å². The molecule has 1 aromatic rings. The van der Waals surface area contributed by atoms with Crippen molar-refractivity contribution in [2.24, 2.45) is 0 Å². The molecule has 1 saturated carbocycles. The van der Waals surface area contributed by atoms with Crippen LogP contribution in [-0.2, 0) is 9.53 Å². The number of fused-ring (bicyclic) bond motifs is 1. The van der Waals surface area contributed by atoms with Crippen molar-refractivity contribution in [2.45, 2.75) is 70.4 Å². The maximum absolute atomic E-state index is 12.6. The largest absolute Gasteiger partial charge is 0.449 e. The Labute approximate surface area is 181 Å². The number of rotatable bonds is 7. The van der Waals surface area contributed by atoms with E-state index in [2.05, 4.69) is 11.4 Å². The average Bonchev–Trinajstić information content (AvgIpc) is 3.02. The minimum absolute atomic E-state index is 0.0876. The molecule has 1 aliphatic carbocycles. The number of unbranched alkanes of at least 4 members (excludes halogenated alkanes) is 1. The highest BCUT2D eigenvalue weighted by Crippen LogP contribution is 2.28. The zero-order chi connectivity index (χ0) is 22.6. The molecule has 8 heteroatoms. The number of hydrogen-bond acceptors (Lipinski definition) is 6. The van der Waals surface area contributed by atoms with Gasteiger partial charge in [-0.05, 0) is 44.4 Å². The number of ether oxygens (including phenoxy) is 1. The summed E-state index contributed by atoms with van der Waals surface area (Å²) in [4.78, 5) is 51.3. The van der Waals surface area contributed by atoms with Gasteiger partial charge in [0.25, 0.3) is 17.7 Å². The zero-order valence-corrected chi connectivity index (χ0v) is 17.9. The first-order chi connectivity index (χ1) is 14.8. The predicted molar refractivity (Wildman–Crippen MR) is 111 cm³/mol. The maximum atomic E-state index is 12.6. The van der Waals surface area contributed by atoms with E-state index in [-0.39, 0.29) is 22.6 Å². The molecule has 0 radical (unpaired) electrons. The number of hydrogen-bond donors (Lipinski definition) is 1. The summed E-state index contributed by atoms with van der Waals surface area (Å²) in [6, 6.07) is 6.39. The highest BCUT2D eigenvalue weighted by atomic mass is 16.5. The number of nitrogens with one attached hydrogen (secondary N) is 1. The van der Waals surface area contributed by atoms with Crippen molar-refractivity contribution in [1.82, 2.24) is 10.2 Å². The number of nitriles is 1. The standard InChI is InChI=1S/C23H27N3O5/c1-3-4-12-26-20(28)17-9-8-16(13-18(17)21(26)29)22(30)31-15(2)19(27)25-23(14-24)10-6-5-7-11-23/h8-9,13,15H,3-7,10-12H2,1-2H3,(H,25,27)/t15-/m1/s1. The summed E-state index contributed by atoms with van der Waals surface area (Å²) >= 11 is 0. The molecule has 0 aromatic heterocycles. The molecule has 1 N–H and O–H groups in total. The van der Waals surface area contributed by atoms with Crippen LogP contribution in [0.5, 0.6) is 0 Å². The van der Waals surface area contributed by atoms with Crippen LogP contribution in [0.3, 0.4) is 0 Å². The lowest BCUT2D eigenvalue weighted by molar-refractivity contribution is -0.130. The van der Waals surface area contributed by atoms with Crippen molar-refractivity contribution in [3.8, 4) is 6.07 Å². The number of esters is 1. The Bertz CT molecular complexity index is 943. The molecule has 0 unspecified atom stereocenters. The van der Waals surface area contributed by atoms with Crippen LogP contribution in [0.1, 0.15) is 89.9 Å². The Morgan fingerprint density at radius 3 is 2.52 bits per heavy atom. The van der Waals surface area contributed by atoms with Crippen LogP contribution in [-0.4, -0.2) is 46.8 Å². The van der Waals surface area contributed by atoms with Gasteiger partial charge in [-0.1, -0.05) is 32.6 Å². The van der Waals surface area contributed by atoms with Crippen molar-refractivity contribution >= 4 is 23.7 Å². The molecule has 0 saturated heterocycles. The van der Waals surface area contributed by atoms with Crippen LogP contribution in [0, 0.1) is 11.3 Å². The van der Waals surface area contributed by atoms with Crippen molar-refractivity contribution in [3.63, 3.8) is 0 Å². The fourth-order valence-corrected chi connectivity index (χ4v) is 3.98. The molecular formula is C23H27N3O5. The summed E-state index contributed by atoms with van der Waals surface area (Å²) in [5, 5.41) is 12.2. The first kappa shape index (κ1) is 22.5. The number of carbonyl (C=O) groups excluding carboxylic acids is 4. The third-order valence-electron chi connectivity index (χ3n) is 5.88. The molecule has 1 aromatic carbocycles. The fourth-order valence-electron chi connectivity index (χ4n) is 3.98. The Morgan fingerprint density at radius 1 is 1.19 bits per heavy atom. The summed E-state index contributed by atoms with van der Waals surface area (Å²) in [6.45, 7) is 3.74. The Balaban J connectivity index is 1.67. The predicted octanol–water partition coefficient (Wildman–Crippen LogP) is 2.97. The molecule has 164 valence electrons. The van der Waals surface area contributed by atoms with Crippen LogP contribution >= 0.6 is 0 Å². The molecule has 3 amide bonds. The van der Waals surface area contributed by atoms with Gasteiger partial charge in [-0.2, -0.15) is 5.26 Å². The minimum atomic E-state index is -1.11. The van der Waals surface area contributed by atoms with E-state index in [1.807, 2.05) is 6.92 Å². The van der Waals surface area contributed by atoms with Gasteiger partial charge < -0.3 is 10.1 Å². The average molecular weight is 425 g/mol. The smallest absolute Gasteiger partial charge is 0.338 e. The van der Waals surface area contributed by atoms with Gasteiger partial charge in [0.05, 0.1) is 22.8 Å². The highest BCUT2D eigenvalue weighted by molar-refractivity contribution is 6.22. The number of benzene rings is 1. The highest BCUT2D eigenvalue weighted by Gasteiger charge is 2.37. The van der Waals surface area contributed by atoms with Crippen LogP contribution in [0.15, 0.2) is 18.2 Å².